The molecular weight excluding hydrogens is 248 g/mol. The third-order valence-electron chi connectivity index (χ3n) is 2.65. The van der Waals surface area contributed by atoms with Crippen molar-refractivity contribution in [2.75, 3.05) is 31.3 Å². The van der Waals surface area contributed by atoms with Gasteiger partial charge in [-0.05, 0) is 17.9 Å². The Kier molecular flexibility index (Phi) is 3.99. The highest BCUT2D eigenvalue weighted by Gasteiger charge is 2.12. The van der Waals surface area contributed by atoms with Crippen molar-refractivity contribution in [1.29, 1.82) is 0 Å². The quantitative estimate of drug-likeness (QED) is 0.892. The van der Waals surface area contributed by atoms with Crippen molar-refractivity contribution in [2.45, 2.75) is 6.42 Å². The third kappa shape index (κ3) is 2.70. The summed E-state index contributed by atoms with van der Waals surface area (Å²) in [5.41, 5.74) is 6.43. The van der Waals surface area contributed by atoms with Crippen LogP contribution in [0.3, 0.4) is 0 Å². The van der Waals surface area contributed by atoms with Crippen molar-refractivity contribution >= 4 is 22.8 Å². The third-order valence-corrected chi connectivity index (χ3v) is 3.59. The first-order valence-corrected chi connectivity index (χ1v) is 6.48. The van der Waals surface area contributed by atoms with Crippen LogP contribution in [0.2, 0.25) is 0 Å². The van der Waals surface area contributed by atoms with E-state index in [9.17, 15) is 0 Å². The second-order valence-electron chi connectivity index (χ2n) is 3.87. The Morgan fingerprint density at radius 3 is 2.94 bits per heavy atom. The lowest BCUT2D eigenvalue weighted by Crippen LogP contribution is -2.22. The highest BCUT2D eigenvalue weighted by Crippen LogP contribution is 2.26. The van der Waals surface area contributed by atoms with Crippen LogP contribution in [0.25, 0.3) is 0 Å². The lowest BCUT2D eigenvalue weighted by atomic mass is 10.3. The van der Waals surface area contributed by atoms with Gasteiger partial charge in [-0.25, -0.2) is 4.98 Å². The lowest BCUT2D eigenvalue weighted by Gasteiger charge is -2.19. The molecule has 0 unspecified atom stereocenters. The standard InChI is InChI=1S/C12H16N4OS/c1-16(6-5-9-4-3-7-18-9)11-10(13)12(17-2)15-8-14-11/h3-4,7-8H,5-6,13H2,1-2H3. The number of anilines is 2. The molecule has 0 aliphatic heterocycles. The minimum absolute atomic E-state index is 0.419. The first-order chi connectivity index (χ1) is 8.72. The molecule has 0 spiro atoms. The normalized spacial score (nSPS) is 10.3. The van der Waals surface area contributed by atoms with Crippen LogP contribution in [0.1, 0.15) is 4.88 Å². The number of likely N-dealkylation sites (N-methyl/N-ethyl adjacent to an activating group) is 1. The molecule has 0 bridgehead atoms. The Labute approximate surface area is 110 Å². The van der Waals surface area contributed by atoms with Crippen LogP contribution in [0.5, 0.6) is 5.88 Å². The van der Waals surface area contributed by atoms with Gasteiger partial charge in [0.25, 0.3) is 0 Å². The van der Waals surface area contributed by atoms with Crippen LogP contribution in [0.15, 0.2) is 23.8 Å². The largest absolute Gasteiger partial charge is 0.479 e. The maximum atomic E-state index is 5.95. The average Bonchev–Trinajstić information content (AvgIpc) is 2.89. The van der Waals surface area contributed by atoms with Gasteiger partial charge in [-0.3, -0.25) is 0 Å². The van der Waals surface area contributed by atoms with E-state index in [4.69, 9.17) is 10.5 Å². The molecule has 0 saturated carbocycles. The van der Waals surface area contributed by atoms with Gasteiger partial charge in [0.1, 0.15) is 12.0 Å². The van der Waals surface area contributed by atoms with Crippen molar-refractivity contribution in [3.8, 4) is 5.88 Å². The van der Waals surface area contributed by atoms with Gasteiger partial charge in [0, 0.05) is 18.5 Å². The zero-order chi connectivity index (χ0) is 13.0. The topological polar surface area (TPSA) is 64.3 Å². The zero-order valence-electron chi connectivity index (χ0n) is 10.5. The molecule has 2 aromatic heterocycles. The van der Waals surface area contributed by atoms with Gasteiger partial charge in [-0.1, -0.05) is 6.07 Å². The van der Waals surface area contributed by atoms with Crippen LogP contribution in [0, 0.1) is 0 Å². The molecule has 0 aliphatic rings. The summed E-state index contributed by atoms with van der Waals surface area (Å²) in [5.74, 6) is 1.13. The Bertz CT molecular complexity index is 501. The Morgan fingerprint density at radius 1 is 1.44 bits per heavy atom. The van der Waals surface area contributed by atoms with Gasteiger partial charge < -0.3 is 15.4 Å². The first-order valence-electron chi connectivity index (χ1n) is 5.60. The van der Waals surface area contributed by atoms with Gasteiger partial charge in [-0.2, -0.15) is 4.98 Å². The summed E-state index contributed by atoms with van der Waals surface area (Å²) in [4.78, 5) is 11.5. The summed E-state index contributed by atoms with van der Waals surface area (Å²) >= 11 is 1.76. The van der Waals surface area contributed by atoms with Crippen molar-refractivity contribution in [3.63, 3.8) is 0 Å². The SMILES string of the molecule is COc1ncnc(N(C)CCc2cccs2)c1N. The fraction of sp³-hybridized carbons (Fsp3) is 0.333. The van der Waals surface area contributed by atoms with E-state index in [1.165, 1.54) is 11.2 Å². The smallest absolute Gasteiger partial charge is 0.242 e. The number of hydrogen-bond acceptors (Lipinski definition) is 6. The first kappa shape index (κ1) is 12.6. The second kappa shape index (κ2) is 5.68. The molecule has 0 atom stereocenters. The maximum absolute atomic E-state index is 5.95. The molecule has 0 amide bonds. The lowest BCUT2D eigenvalue weighted by molar-refractivity contribution is 0.399. The van der Waals surface area contributed by atoms with Crippen molar-refractivity contribution in [1.82, 2.24) is 9.97 Å². The van der Waals surface area contributed by atoms with Crippen molar-refractivity contribution < 1.29 is 4.74 Å². The summed E-state index contributed by atoms with van der Waals surface area (Å²) in [6.45, 7) is 0.852. The van der Waals surface area contributed by atoms with Gasteiger partial charge in [0.05, 0.1) is 7.11 Å². The Hall–Kier alpha value is -1.82. The van der Waals surface area contributed by atoms with Gasteiger partial charge in [-0.15, -0.1) is 11.3 Å². The van der Waals surface area contributed by atoms with Crippen LogP contribution in [0.4, 0.5) is 11.5 Å². The number of hydrogen-bond donors (Lipinski definition) is 1. The van der Waals surface area contributed by atoms with Crippen LogP contribution >= 0.6 is 11.3 Å². The second-order valence-corrected chi connectivity index (χ2v) is 4.90. The summed E-state index contributed by atoms with van der Waals surface area (Å²) in [6, 6.07) is 4.19. The number of ether oxygens (including phenoxy) is 1. The van der Waals surface area contributed by atoms with Crippen LogP contribution in [-0.2, 0) is 6.42 Å². The molecule has 0 radical (unpaired) electrons. The molecule has 2 N–H and O–H groups in total. The predicted molar refractivity (Wildman–Crippen MR) is 74.3 cm³/mol. The molecule has 2 rings (SSSR count). The fourth-order valence-electron chi connectivity index (χ4n) is 1.68. The number of rotatable bonds is 5. The van der Waals surface area contributed by atoms with E-state index >= 15 is 0 Å². The Balaban J connectivity index is 2.06. The molecule has 5 nitrogen and oxygen atoms in total. The molecule has 96 valence electrons. The minimum atomic E-state index is 0.419. The monoisotopic (exact) mass is 264 g/mol. The molecule has 0 saturated heterocycles. The van der Waals surface area contributed by atoms with Gasteiger partial charge in [0.2, 0.25) is 5.88 Å². The van der Waals surface area contributed by atoms with E-state index in [1.807, 2.05) is 11.9 Å². The highest BCUT2D eigenvalue weighted by atomic mass is 32.1. The number of nitrogen functional groups attached to an aromatic ring is 1. The van der Waals surface area contributed by atoms with Gasteiger partial charge >= 0.3 is 0 Å². The number of nitrogens with two attached hydrogens (primary N) is 1. The van der Waals surface area contributed by atoms with E-state index < -0.39 is 0 Å². The van der Waals surface area contributed by atoms with Gasteiger partial charge in [0.15, 0.2) is 5.82 Å². The minimum Gasteiger partial charge on any atom is -0.479 e. The van der Waals surface area contributed by atoms with Crippen molar-refractivity contribution in [3.05, 3.63) is 28.7 Å². The van der Waals surface area contributed by atoms with Crippen LogP contribution < -0.4 is 15.4 Å². The number of nitrogens with zero attached hydrogens (tertiary/aromatic N) is 3. The molecule has 6 heteroatoms. The highest BCUT2D eigenvalue weighted by molar-refractivity contribution is 7.09. The molecule has 0 aromatic carbocycles. The Morgan fingerprint density at radius 2 is 2.28 bits per heavy atom. The zero-order valence-corrected chi connectivity index (χ0v) is 11.3. The van der Waals surface area contributed by atoms with E-state index in [1.54, 1.807) is 18.4 Å². The molecule has 0 aliphatic carbocycles. The van der Waals surface area contributed by atoms with E-state index in [-0.39, 0.29) is 0 Å². The molecule has 18 heavy (non-hydrogen) atoms. The number of thiophene rings is 1. The van der Waals surface area contributed by atoms with Crippen molar-refractivity contribution in [2.24, 2.45) is 0 Å². The number of methoxy groups -OCH3 is 1. The molecule has 0 fully saturated rings. The summed E-state index contributed by atoms with van der Waals surface area (Å²) < 4.78 is 5.09. The average molecular weight is 264 g/mol. The van der Waals surface area contributed by atoms with E-state index in [2.05, 4.69) is 27.5 Å². The van der Waals surface area contributed by atoms with Crippen LogP contribution in [-0.4, -0.2) is 30.7 Å². The molecule has 2 aromatic rings. The van der Waals surface area contributed by atoms with E-state index in [0.29, 0.717) is 17.4 Å². The molecule has 2 heterocycles. The number of aromatic nitrogens is 2. The summed E-state index contributed by atoms with van der Waals surface area (Å²) in [6.07, 6.45) is 2.44. The maximum Gasteiger partial charge on any atom is 0.242 e. The van der Waals surface area contributed by atoms with E-state index in [0.717, 1.165) is 13.0 Å². The summed E-state index contributed by atoms with van der Waals surface area (Å²) in [5, 5.41) is 2.08. The molecular formula is C12H16N4OS. The summed E-state index contributed by atoms with van der Waals surface area (Å²) in [7, 11) is 3.51. The predicted octanol–water partition coefficient (Wildman–Crippen LogP) is 1.81. The fourth-order valence-corrected chi connectivity index (χ4v) is 2.37.